The van der Waals surface area contributed by atoms with Crippen LogP contribution in [0.2, 0.25) is 0 Å². The fourth-order valence-corrected chi connectivity index (χ4v) is 3.92. The molecule has 2 aliphatic rings. The Kier molecular flexibility index (Phi) is 3.04. The Balaban J connectivity index is 2.16. The predicted molar refractivity (Wildman–Crippen MR) is 78.6 cm³/mol. The summed E-state index contributed by atoms with van der Waals surface area (Å²) in [5.74, 6) is 0.987. The number of likely N-dealkylation sites (N-methyl/N-ethyl adjacent to an activating group) is 1. The van der Waals surface area contributed by atoms with Crippen molar-refractivity contribution >= 4 is 0 Å². The zero-order valence-electron chi connectivity index (χ0n) is 12.2. The largest absolute Gasteiger partial charge is 0.497 e. The van der Waals surface area contributed by atoms with Crippen LogP contribution in [0.4, 0.5) is 0 Å². The van der Waals surface area contributed by atoms with Gasteiger partial charge in [0.05, 0.1) is 7.11 Å². The van der Waals surface area contributed by atoms with Crippen LogP contribution in [-0.2, 0) is 11.8 Å². The molecular weight excluding hydrogens is 234 g/mol. The van der Waals surface area contributed by atoms with Crippen LogP contribution in [-0.4, -0.2) is 25.6 Å². The van der Waals surface area contributed by atoms with E-state index in [4.69, 9.17) is 4.74 Å². The average Bonchev–Trinajstić information content (AvgIpc) is 2.46. The lowest BCUT2D eigenvalue weighted by Crippen LogP contribution is -2.43. The molecule has 0 N–H and O–H groups in total. The lowest BCUT2D eigenvalue weighted by molar-refractivity contribution is 0.233. The Bertz CT molecular complexity index is 520. The summed E-state index contributed by atoms with van der Waals surface area (Å²) in [5, 5.41) is 0. The van der Waals surface area contributed by atoms with E-state index >= 15 is 0 Å². The first-order chi connectivity index (χ1) is 9.21. The number of hydrogen-bond donors (Lipinski definition) is 0. The van der Waals surface area contributed by atoms with Gasteiger partial charge in [0.1, 0.15) is 5.75 Å². The second kappa shape index (κ2) is 4.59. The highest BCUT2D eigenvalue weighted by Crippen LogP contribution is 2.48. The van der Waals surface area contributed by atoms with E-state index in [1.165, 1.54) is 42.6 Å². The van der Waals surface area contributed by atoms with Gasteiger partial charge in [-0.05, 0) is 48.9 Å². The van der Waals surface area contributed by atoms with E-state index in [1.807, 2.05) is 0 Å². The number of fused-ring (bicyclic) bond motifs is 3. The summed E-state index contributed by atoms with van der Waals surface area (Å²) < 4.78 is 5.44. The van der Waals surface area contributed by atoms with Crippen molar-refractivity contribution in [1.29, 1.82) is 0 Å². The minimum Gasteiger partial charge on any atom is -0.497 e. The number of allylic oxidation sites excluding steroid dienone is 2. The molecule has 19 heavy (non-hydrogen) atoms. The van der Waals surface area contributed by atoms with Crippen molar-refractivity contribution in [3.05, 3.63) is 41.1 Å². The zero-order chi connectivity index (χ0) is 13.5. The van der Waals surface area contributed by atoms with Crippen LogP contribution in [0, 0.1) is 0 Å². The Morgan fingerprint density at radius 2 is 2.21 bits per heavy atom. The SMILES string of the molecule is CC[C@@]12CCCN(C)C1=CCc1ccc(OC)cc12. The zero-order valence-corrected chi connectivity index (χ0v) is 12.2. The highest BCUT2D eigenvalue weighted by atomic mass is 16.5. The maximum atomic E-state index is 5.44. The normalized spacial score (nSPS) is 25.4. The second-order valence-corrected chi connectivity index (χ2v) is 5.78. The van der Waals surface area contributed by atoms with Crippen LogP contribution < -0.4 is 4.74 Å². The minimum absolute atomic E-state index is 0.217. The van der Waals surface area contributed by atoms with E-state index in [0.29, 0.717) is 0 Å². The Morgan fingerprint density at radius 1 is 1.37 bits per heavy atom. The second-order valence-electron chi connectivity index (χ2n) is 5.78. The molecule has 0 saturated carbocycles. The molecule has 1 saturated heterocycles. The highest BCUT2D eigenvalue weighted by Gasteiger charge is 2.42. The Hall–Kier alpha value is -1.44. The van der Waals surface area contributed by atoms with Crippen LogP contribution in [0.3, 0.4) is 0 Å². The monoisotopic (exact) mass is 257 g/mol. The summed E-state index contributed by atoms with van der Waals surface area (Å²) in [7, 11) is 3.99. The third-order valence-electron chi connectivity index (χ3n) is 4.95. The molecule has 0 unspecified atom stereocenters. The number of ether oxygens (including phenoxy) is 1. The first kappa shape index (κ1) is 12.6. The highest BCUT2D eigenvalue weighted by molar-refractivity contribution is 5.50. The van der Waals surface area contributed by atoms with Crippen molar-refractivity contribution in [1.82, 2.24) is 4.90 Å². The van der Waals surface area contributed by atoms with E-state index in [1.54, 1.807) is 7.11 Å². The minimum atomic E-state index is 0.217. The first-order valence-corrected chi connectivity index (χ1v) is 7.30. The fraction of sp³-hybridized carbons (Fsp3) is 0.529. The number of likely N-dealkylation sites (tertiary alicyclic amines) is 1. The molecule has 1 aliphatic heterocycles. The molecule has 1 fully saturated rings. The Morgan fingerprint density at radius 3 is 2.95 bits per heavy atom. The van der Waals surface area contributed by atoms with Gasteiger partial charge in [0.25, 0.3) is 0 Å². The molecule has 2 heteroatoms. The molecule has 1 aliphatic carbocycles. The van der Waals surface area contributed by atoms with Gasteiger partial charge in [-0.2, -0.15) is 0 Å². The molecule has 1 heterocycles. The number of nitrogens with zero attached hydrogens (tertiary/aromatic N) is 1. The van der Waals surface area contributed by atoms with Crippen molar-refractivity contribution in [2.75, 3.05) is 20.7 Å². The van der Waals surface area contributed by atoms with Gasteiger partial charge in [-0.25, -0.2) is 0 Å². The number of rotatable bonds is 2. The standard InChI is InChI=1S/C17H23NO/c1-4-17-10-5-11-18(2)16(17)9-7-13-6-8-14(19-3)12-15(13)17/h6,8-9,12H,4-5,7,10-11H2,1-3H3/t17-/m0/s1. The summed E-state index contributed by atoms with van der Waals surface area (Å²) in [6, 6.07) is 6.60. The van der Waals surface area contributed by atoms with Crippen LogP contribution in [0.25, 0.3) is 0 Å². The van der Waals surface area contributed by atoms with Gasteiger partial charge < -0.3 is 9.64 Å². The molecular formula is C17H23NO. The smallest absolute Gasteiger partial charge is 0.119 e. The fourth-order valence-electron chi connectivity index (χ4n) is 3.92. The molecule has 0 spiro atoms. The predicted octanol–water partition coefficient (Wildman–Crippen LogP) is 3.51. The summed E-state index contributed by atoms with van der Waals surface area (Å²) in [6.45, 7) is 3.51. The van der Waals surface area contributed by atoms with E-state index in [2.05, 4.69) is 43.1 Å². The first-order valence-electron chi connectivity index (χ1n) is 7.30. The van der Waals surface area contributed by atoms with E-state index in [9.17, 15) is 0 Å². The van der Waals surface area contributed by atoms with Gasteiger partial charge in [-0.1, -0.05) is 19.1 Å². The molecule has 1 aromatic carbocycles. The van der Waals surface area contributed by atoms with Gasteiger partial charge >= 0.3 is 0 Å². The van der Waals surface area contributed by atoms with E-state index in [-0.39, 0.29) is 5.41 Å². The van der Waals surface area contributed by atoms with E-state index in [0.717, 1.165) is 12.2 Å². The molecule has 0 amide bonds. The lowest BCUT2D eigenvalue weighted by Gasteiger charge is -2.48. The summed E-state index contributed by atoms with van der Waals surface area (Å²) in [6.07, 6.45) is 7.21. The number of piperidine rings is 1. The van der Waals surface area contributed by atoms with Crippen molar-refractivity contribution in [2.24, 2.45) is 0 Å². The summed E-state index contributed by atoms with van der Waals surface area (Å²) in [5.41, 5.74) is 4.72. The van der Waals surface area contributed by atoms with Crippen LogP contribution in [0.5, 0.6) is 5.75 Å². The number of benzene rings is 1. The van der Waals surface area contributed by atoms with Gasteiger partial charge in [-0.15, -0.1) is 0 Å². The third-order valence-corrected chi connectivity index (χ3v) is 4.95. The van der Waals surface area contributed by atoms with Crippen molar-refractivity contribution < 1.29 is 4.74 Å². The topological polar surface area (TPSA) is 12.5 Å². The van der Waals surface area contributed by atoms with Gasteiger partial charge in [0.15, 0.2) is 0 Å². The summed E-state index contributed by atoms with van der Waals surface area (Å²) >= 11 is 0. The van der Waals surface area contributed by atoms with Crippen LogP contribution >= 0.6 is 0 Å². The molecule has 0 radical (unpaired) electrons. The molecule has 1 aromatic rings. The van der Waals surface area contributed by atoms with Gasteiger partial charge in [0.2, 0.25) is 0 Å². The summed E-state index contributed by atoms with van der Waals surface area (Å²) in [4.78, 5) is 2.45. The molecule has 3 rings (SSSR count). The van der Waals surface area contributed by atoms with Crippen LogP contribution in [0.1, 0.15) is 37.3 Å². The van der Waals surface area contributed by atoms with Crippen molar-refractivity contribution in [2.45, 2.75) is 38.0 Å². The Labute approximate surface area is 116 Å². The number of methoxy groups -OCH3 is 1. The maximum Gasteiger partial charge on any atom is 0.119 e. The van der Waals surface area contributed by atoms with Crippen LogP contribution in [0.15, 0.2) is 30.0 Å². The molecule has 2 nitrogen and oxygen atoms in total. The van der Waals surface area contributed by atoms with Gasteiger partial charge in [0, 0.05) is 24.7 Å². The van der Waals surface area contributed by atoms with Crippen molar-refractivity contribution in [3.8, 4) is 5.75 Å². The molecule has 0 aromatic heterocycles. The third kappa shape index (κ3) is 1.77. The van der Waals surface area contributed by atoms with Gasteiger partial charge in [-0.3, -0.25) is 0 Å². The molecule has 0 bridgehead atoms. The quantitative estimate of drug-likeness (QED) is 0.804. The lowest BCUT2D eigenvalue weighted by atomic mass is 9.65. The molecule has 102 valence electrons. The average molecular weight is 257 g/mol. The molecule has 1 atom stereocenters. The van der Waals surface area contributed by atoms with Crippen molar-refractivity contribution in [3.63, 3.8) is 0 Å². The number of hydrogen-bond acceptors (Lipinski definition) is 2. The van der Waals surface area contributed by atoms with E-state index < -0.39 is 0 Å². The maximum absolute atomic E-state index is 5.44.